The lowest BCUT2D eigenvalue weighted by Crippen LogP contribution is -2.39. The van der Waals surface area contributed by atoms with E-state index >= 15 is 0 Å². The fourth-order valence-electron chi connectivity index (χ4n) is 2.75. The maximum Gasteiger partial charge on any atom is 0.410 e. The van der Waals surface area contributed by atoms with Crippen LogP contribution in [0.5, 0.6) is 0 Å². The second-order valence-electron chi connectivity index (χ2n) is 7.41. The molecule has 2 N–H and O–H groups in total. The van der Waals surface area contributed by atoms with Crippen molar-refractivity contribution in [3.63, 3.8) is 0 Å². The van der Waals surface area contributed by atoms with Gasteiger partial charge in [0.25, 0.3) is 0 Å². The molecule has 0 atom stereocenters. The highest BCUT2D eigenvalue weighted by atomic mass is 32.2. The molecule has 0 saturated heterocycles. The smallest absolute Gasteiger partial charge is 0.410 e. The molecule has 1 aromatic carbocycles. The Morgan fingerprint density at radius 1 is 1.32 bits per heavy atom. The van der Waals surface area contributed by atoms with Crippen molar-refractivity contribution in [1.82, 2.24) is 4.90 Å². The Hall–Kier alpha value is -2.02. The predicted molar refractivity (Wildman–Crippen MR) is 99.8 cm³/mol. The number of carbonyl (C=O) groups is 1. The first-order chi connectivity index (χ1) is 11.4. The zero-order valence-corrected chi connectivity index (χ0v) is 16.0. The summed E-state index contributed by atoms with van der Waals surface area (Å²) in [5, 5.41) is 0. The highest BCUT2D eigenvalue weighted by Gasteiger charge is 2.25. The van der Waals surface area contributed by atoms with E-state index in [1.54, 1.807) is 17.0 Å². The van der Waals surface area contributed by atoms with Crippen molar-refractivity contribution in [3.8, 4) is 0 Å². The molecule has 0 fully saturated rings. The summed E-state index contributed by atoms with van der Waals surface area (Å²) in [4.78, 5) is 14.0. The quantitative estimate of drug-likeness (QED) is 0.831. The molecule has 0 aliphatic carbocycles. The summed E-state index contributed by atoms with van der Waals surface area (Å²) >= 11 is 0. The number of hydrogen-bond donors (Lipinski definition) is 1. The standard InChI is InChI=1S/C18H26N2O4S/c1-18(2,3)24-17(21)20-9-5-6-13(11-20)16-8-7-15(19)10-14(16)12-25(4,22)23/h6-8,10H,5,9,11-12,19H2,1-4H3. The third kappa shape index (κ3) is 5.77. The van der Waals surface area contributed by atoms with E-state index in [0.717, 1.165) is 11.1 Å². The van der Waals surface area contributed by atoms with Gasteiger partial charge in [-0.2, -0.15) is 0 Å². The molecule has 1 aliphatic rings. The van der Waals surface area contributed by atoms with Gasteiger partial charge in [0.05, 0.1) is 5.75 Å². The molecule has 25 heavy (non-hydrogen) atoms. The summed E-state index contributed by atoms with van der Waals surface area (Å²) < 4.78 is 28.9. The maximum atomic E-state index is 12.3. The van der Waals surface area contributed by atoms with Crippen LogP contribution in [0.1, 0.15) is 38.3 Å². The van der Waals surface area contributed by atoms with Crippen LogP contribution in [0.25, 0.3) is 5.57 Å². The van der Waals surface area contributed by atoms with Crippen LogP contribution >= 0.6 is 0 Å². The minimum atomic E-state index is -3.20. The van der Waals surface area contributed by atoms with Gasteiger partial charge in [-0.1, -0.05) is 12.1 Å². The number of benzene rings is 1. The van der Waals surface area contributed by atoms with Crippen molar-refractivity contribution in [2.75, 3.05) is 25.1 Å². The number of nitrogen functional groups attached to an aromatic ring is 1. The molecule has 0 bridgehead atoms. The maximum absolute atomic E-state index is 12.3. The van der Waals surface area contributed by atoms with Gasteiger partial charge in [0.2, 0.25) is 0 Å². The Morgan fingerprint density at radius 2 is 2.00 bits per heavy atom. The first-order valence-corrected chi connectivity index (χ1v) is 10.2. The number of ether oxygens (including phenoxy) is 1. The van der Waals surface area contributed by atoms with E-state index in [1.807, 2.05) is 32.9 Å². The normalized spacial score (nSPS) is 15.7. The molecular formula is C18H26N2O4S. The van der Waals surface area contributed by atoms with E-state index in [2.05, 4.69) is 0 Å². The van der Waals surface area contributed by atoms with Gasteiger partial charge in [-0.15, -0.1) is 0 Å². The molecule has 7 heteroatoms. The SMILES string of the molecule is CC(C)(C)OC(=O)N1CCC=C(c2ccc(N)cc2CS(C)(=O)=O)C1. The molecule has 1 aromatic rings. The summed E-state index contributed by atoms with van der Waals surface area (Å²) in [6.45, 7) is 6.45. The van der Waals surface area contributed by atoms with E-state index in [9.17, 15) is 13.2 Å². The Morgan fingerprint density at radius 3 is 2.60 bits per heavy atom. The van der Waals surface area contributed by atoms with E-state index in [-0.39, 0.29) is 11.8 Å². The van der Waals surface area contributed by atoms with Crippen molar-refractivity contribution < 1.29 is 17.9 Å². The van der Waals surface area contributed by atoms with Crippen LogP contribution in [0.15, 0.2) is 24.3 Å². The molecule has 0 spiro atoms. The first-order valence-electron chi connectivity index (χ1n) is 8.18. The monoisotopic (exact) mass is 366 g/mol. The third-order valence-electron chi connectivity index (χ3n) is 3.70. The van der Waals surface area contributed by atoms with Gasteiger partial charge in [-0.25, -0.2) is 13.2 Å². The van der Waals surface area contributed by atoms with Gasteiger partial charge >= 0.3 is 6.09 Å². The number of anilines is 1. The van der Waals surface area contributed by atoms with Gasteiger partial charge in [-0.05, 0) is 56.0 Å². The van der Waals surface area contributed by atoms with Crippen LogP contribution in [0.2, 0.25) is 0 Å². The summed E-state index contributed by atoms with van der Waals surface area (Å²) in [6.07, 6.45) is 3.57. The van der Waals surface area contributed by atoms with Crippen molar-refractivity contribution >= 4 is 27.2 Å². The summed E-state index contributed by atoms with van der Waals surface area (Å²) in [7, 11) is -3.20. The molecule has 2 rings (SSSR count). The highest BCUT2D eigenvalue weighted by molar-refractivity contribution is 7.89. The predicted octanol–water partition coefficient (Wildman–Crippen LogP) is 2.84. The van der Waals surface area contributed by atoms with Crippen LogP contribution in [-0.4, -0.2) is 44.4 Å². The molecule has 0 aromatic heterocycles. The molecule has 1 aliphatic heterocycles. The molecule has 1 heterocycles. The number of nitrogens with two attached hydrogens (primary N) is 1. The lowest BCUT2D eigenvalue weighted by molar-refractivity contribution is 0.0273. The number of sulfone groups is 1. The fourth-order valence-corrected chi connectivity index (χ4v) is 3.55. The van der Waals surface area contributed by atoms with Gasteiger partial charge in [0, 0.05) is 25.0 Å². The van der Waals surface area contributed by atoms with Crippen LogP contribution in [0.3, 0.4) is 0 Å². The molecule has 0 unspecified atom stereocenters. The average molecular weight is 366 g/mol. The zero-order chi connectivity index (χ0) is 18.8. The first kappa shape index (κ1) is 19.3. The van der Waals surface area contributed by atoms with Gasteiger partial charge < -0.3 is 15.4 Å². The zero-order valence-electron chi connectivity index (χ0n) is 15.2. The van der Waals surface area contributed by atoms with Crippen LogP contribution in [-0.2, 0) is 20.3 Å². The van der Waals surface area contributed by atoms with Crippen LogP contribution in [0.4, 0.5) is 10.5 Å². The topological polar surface area (TPSA) is 89.7 Å². The van der Waals surface area contributed by atoms with Crippen LogP contribution < -0.4 is 5.73 Å². The molecule has 0 saturated carbocycles. The Bertz CT molecular complexity index is 792. The lowest BCUT2D eigenvalue weighted by Gasteiger charge is -2.31. The molecule has 138 valence electrons. The molecule has 1 amide bonds. The summed E-state index contributed by atoms with van der Waals surface area (Å²) in [6, 6.07) is 5.25. The van der Waals surface area contributed by atoms with E-state index in [0.29, 0.717) is 30.8 Å². The third-order valence-corrected chi connectivity index (χ3v) is 4.53. The van der Waals surface area contributed by atoms with Crippen molar-refractivity contribution in [1.29, 1.82) is 0 Å². The number of amides is 1. The highest BCUT2D eigenvalue weighted by Crippen LogP contribution is 2.27. The minimum Gasteiger partial charge on any atom is -0.444 e. The second-order valence-corrected chi connectivity index (χ2v) is 9.55. The number of hydrogen-bond acceptors (Lipinski definition) is 5. The van der Waals surface area contributed by atoms with E-state index in [4.69, 9.17) is 10.5 Å². The molecular weight excluding hydrogens is 340 g/mol. The average Bonchev–Trinajstić information content (AvgIpc) is 2.44. The number of carbonyl (C=O) groups excluding carboxylic acids is 1. The van der Waals surface area contributed by atoms with Crippen LogP contribution in [0, 0.1) is 0 Å². The number of nitrogens with zero attached hydrogens (tertiary/aromatic N) is 1. The molecule has 0 radical (unpaired) electrons. The summed E-state index contributed by atoms with van der Waals surface area (Å²) in [5.74, 6) is -0.0862. The van der Waals surface area contributed by atoms with Gasteiger partial charge in [-0.3, -0.25) is 0 Å². The lowest BCUT2D eigenvalue weighted by atomic mass is 9.96. The minimum absolute atomic E-state index is 0.0862. The number of rotatable bonds is 3. The van der Waals surface area contributed by atoms with E-state index in [1.165, 1.54) is 6.26 Å². The van der Waals surface area contributed by atoms with Crippen molar-refractivity contribution in [2.45, 2.75) is 38.5 Å². The van der Waals surface area contributed by atoms with Crippen molar-refractivity contribution in [3.05, 3.63) is 35.4 Å². The Labute approximate surface area is 149 Å². The van der Waals surface area contributed by atoms with E-state index < -0.39 is 15.4 Å². The Balaban J connectivity index is 2.27. The largest absolute Gasteiger partial charge is 0.444 e. The molecule has 6 nitrogen and oxygen atoms in total. The second kappa shape index (κ2) is 7.07. The fraction of sp³-hybridized carbons (Fsp3) is 0.500. The van der Waals surface area contributed by atoms with Crippen molar-refractivity contribution in [2.24, 2.45) is 0 Å². The Kier molecular flexibility index (Phi) is 5.46. The summed E-state index contributed by atoms with van der Waals surface area (Å²) in [5.41, 5.74) is 8.16. The van der Waals surface area contributed by atoms with Gasteiger partial charge in [0.15, 0.2) is 9.84 Å². The van der Waals surface area contributed by atoms with Gasteiger partial charge in [0.1, 0.15) is 5.60 Å².